The van der Waals surface area contributed by atoms with Gasteiger partial charge in [0.25, 0.3) is 5.91 Å². The molecule has 26 heavy (non-hydrogen) atoms. The van der Waals surface area contributed by atoms with Gasteiger partial charge in [0.05, 0.1) is 0 Å². The Hall–Kier alpha value is -2.89. The Balaban J connectivity index is 2.31. The SMILES string of the molecule is CCC(C(N)=O)[C@H](C)C(=O)NC1C(=O)N(C)C=CC=C1c1ccccc1. The smallest absolute Gasteiger partial charge is 0.253 e. The average Bonchev–Trinajstić information content (AvgIpc) is 2.76. The largest absolute Gasteiger partial charge is 0.369 e. The maximum absolute atomic E-state index is 12.8. The molecule has 0 aliphatic carbocycles. The standard InChI is InChI=1S/C20H25N3O3/c1-4-15(18(21)24)13(2)19(25)22-17-16(14-9-6-5-7-10-14)11-8-12-23(3)20(17)26/h5-13,15,17H,4H2,1-3H3,(H2,21,24)(H,22,25)/t13-,15?,17?/m0/s1. The van der Waals surface area contributed by atoms with Crippen molar-refractivity contribution in [2.75, 3.05) is 7.05 Å². The number of likely N-dealkylation sites (N-methyl/N-ethyl adjacent to an activating group) is 1. The van der Waals surface area contributed by atoms with Crippen molar-refractivity contribution < 1.29 is 14.4 Å². The van der Waals surface area contributed by atoms with E-state index in [0.717, 1.165) is 5.56 Å². The molecular formula is C20H25N3O3. The molecule has 1 aromatic carbocycles. The zero-order valence-corrected chi connectivity index (χ0v) is 15.3. The molecule has 3 atom stereocenters. The number of rotatable bonds is 6. The van der Waals surface area contributed by atoms with Crippen molar-refractivity contribution in [2.45, 2.75) is 26.3 Å². The number of primary amides is 1. The lowest BCUT2D eigenvalue weighted by Crippen LogP contribution is -2.49. The lowest BCUT2D eigenvalue weighted by molar-refractivity contribution is -0.136. The Morgan fingerprint density at radius 1 is 1.27 bits per heavy atom. The van der Waals surface area contributed by atoms with Gasteiger partial charge in [0.15, 0.2) is 0 Å². The highest BCUT2D eigenvalue weighted by atomic mass is 16.2. The van der Waals surface area contributed by atoms with Crippen LogP contribution in [0.25, 0.3) is 5.57 Å². The molecule has 1 aliphatic rings. The molecule has 1 aliphatic heterocycles. The van der Waals surface area contributed by atoms with E-state index in [0.29, 0.717) is 12.0 Å². The molecule has 0 bridgehead atoms. The molecule has 0 fully saturated rings. The number of nitrogens with zero attached hydrogens (tertiary/aromatic N) is 1. The van der Waals surface area contributed by atoms with Gasteiger partial charge >= 0.3 is 0 Å². The lowest BCUT2D eigenvalue weighted by atomic mass is 9.89. The molecule has 0 spiro atoms. The molecule has 138 valence electrons. The van der Waals surface area contributed by atoms with Gasteiger partial charge in [-0.15, -0.1) is 0 Å². The Morgan fingerprint density at radius 2 is 1.92 bits per heavy atom. The highest BCUT2D eigenvalue weighted by Gasteiger charge is 2.33. The third kappa shape index (κ3) is 4.20. The fraction of sp³-hybridized carbons (Fsp3) is 0.350. The molecule has 3 amide bonds. The van der Waals surface area contributed by atoms with Gasteiger partial charge in [0.1, 0.15) is 6.04 Å². The zero-order chi connectivity index (χ0) is 19.3. The zero-order valence-electron chi connectivity index (χ0n) is 15.3. The average molecular weight is 355 g/mol. The van der Waals surface area contributed by atoms with Crippen molar-refractivity contribution in [3.63, 3.8) is 0 Å². The van der Waals surface area contributed by atoms with E-state index in [2.05, 4.69) is 5.32 Å². The first kappa shape index (κ1) is 19.4. The van der Waals surface area contributed by atoms with Gasteiger partial charge in [-0.1, -0.05) is 50.3 Å². The summed E-state index contributed by atoms with van der Waals surface area (Å²) < 4.78 is 0. The predicted molar refractivity (Wildman–Crippen MR) is 100 cm³/mol. The third-order valence-corrected chi connectivity index (χ3v) is 4.71. The molecule has 0 saturated carbocycles. The van der Waals surface area contributed by atoms with Crippen molar-refractivity contribution in [2.24, 2.45) is 17.6 Å². The molecule has 2 rings (SSSR count). The van der Waals surface area contributed by atoms with Crippen LogP contribution >= 0.6 is 0 Å². The molecule has 1 heterocycles. The van der Waals surface area contributed by atoms with E-state index >= 15 is 0 Å². The maximum Gasteiger partial charge on any atom is 0.253 e. The van der Waals surface area contributed by atoms with Crippen LogP contribution in [0, 0.1) is 11.8 Å². The van der Waals surface area contributed by atoms with Crippen LogP contribution in [0.3, 0.4) is 0 Å². The van der Waals surface area contributed by atoms with Crippen LogP contribution < -0.4 is 11.1 Å². The first-order valence-corrected chi connectivity index (χ1v) is 8.67. The monoisotopic (exact) mass is 355 g/mol. The van der Waals surface area contributed by atoms with Gasteiger partial charge < -0.3 is 16.0 Å². The highest BCUT2D eigenvalue weighted by molar-refractivity contribution is 6.01. The normalized spacial score (nSPS) is 19.3. The van der Waals surface area contributed by atoms with Gasteiger partial charge in [0.2, 0.25) is 11.8 Å². The Morgan fingerprint density at radius 3 is 2.50 bits per heavy atom. The number of hydrogen-bond acceptors (Lipinski definition) is 3. The number of carbonyl (C=O) groups excluding carboxylic acids is 3. The summed E-state index contributed by atoms with van der Waals surface area (Å²) >= 11 is 0. The first-order chi connectivity index (χ1) is 12.4. The summed E-state index contributed by atoms with van der Waals surface area (Å²) in [7, 11) is 1.64. The van der Waals surface area contributed by atoms with Crippen LogP contribution in [-0.4, -0.2) is 35.7 Å². The van der Waals surface area contributed by atoms with Gasteiger partial charge in [-0.25, -0.2) is 0 Å². The van der Waals surface area contributed by atoms with Crippen LogP contribution in [0.5, 0.6) is 0 Å². The third-order valence-electron chi connectivity index (χ3n) is 4.71. The Kier molecular flexibility index (Phi) is 6.33. The molecule has 0 saturated heterocycles. The number of hydrogen-bond donors (Lipinski definition) is 2. The number of amides is 3. The molecular weight excluding hydrogens is 330 g/mol. The number of nitrogens with two attached hydrogens (primary N) is 1. The van der Waals surface area contributed by atoms with Crippen molar-refractivity contribution in [3.8, 4) is 0 Å². The summed E-state index contributed by atoms with van der Waals surface area (Å²) in [5.41, 5.74) is 6.94. The fourth-order valence-corrected chi connectivity index (χ4v) is 3.07. The van der Waals surface area contributed by atoms with E-state index < -0.39 is 23.8 Å². The van der Waals surface area contributed by atoms with Crippen molar-refractivity contribution in [1.82, 2.24) is 10.2 Å². The van der Waals surface area contributed by atoms with Crippen LogP contribution in [0.15, 0.2) is 48.7 Å². The van der Waals surface area contributed by atoms with Crippen molar-refractivity contribution in [3.05, 3.63) is 54.2 Å². The van der Waals surface area contributed by atoms with E-state index in [1.807, 2.05) is 43.3 Å². The summed E-state index contributed by atoms with van der Waals surface area (Å²) in [5, 5.41) is 2.81. The van der Waals surface area contributed by atoms with E-state index in [4.69, 9.17) is 5.73 Å². The Labute approximate surface area is 153 Å². The van der Waals surface area contributed by atoms with Gasteiger partial charge in [0, 0.05) is 25.1 Å². The fourth-order valence-electron chi connectivity index (χ4n) is 3.07. The second kappa shape index (κ2) is 8.47. The van der Waals surface area contributed by atoms with Crippen LogP contribution in [0.4, 0.5) is 0 Å². The predicted octanol–water partition coefficient (Wildman–Crippen LogP) is 1.69. The molecule has 0 aromatic heterocycles. The molecule has 3 N–H and O–H groups in total. The van der Waals surface area contributed by atoms with E-state index in [9.17, 15) is 14.4 Å². The van der Waals surface area contributed by atoms with Crippen LogP contribution in [0.2, 0.25) is 0 Å². The van der Waals surface area contributed by atoms with Gasteiger partial charge in [-0.05, 0) is 23.6 Å². The number of nitrogens with one attached hydrogen (secondary N) is 1. The van der Waals surface area contributed by atoms with Gasteiger partial charge in [-0.2, -0.15) is 0 Å². The lowest BCUT2D eigenvalue weighted by Gasteiger charge is -2.26. The summed E-state index contributed by atoms with van der Waals surface area (Å²) in [6, 6.07) is 8.58. The van der Waals surface area contributed by atoms with Crippen LogP contribution in [0.1, 0.15) is 25.8 Å². The quantitative estimate of drug-likeness (QED) is 0.813. The molecule has 1 aromatic rings. The second-order valence-corrected chi connectivity index (χ2v) is 6.43. The van der Waals surface area contributed by atoms with E-state index in [1.54, 1.807) is 26.2 Å². The molecule has 6 heteroatoms. The van der Waals surface area contributed by atoms with Crippen molar-refractivity contribution >= 4 is 23.3 Å². The highest BCUT2D eigenvalue weighted by Crippen LogP contribution is 2.23. The molecule has 2 unspecified atom stereocenters. The van der Waals surface area contributed by atoms with Crippen LogP contribution in [-0.2, 0) is 14.4 Å². The molecule has 0 radical (unpaired) electrons. The summed E-state index contributed by atoms with van der Waals surface area (Å²) in [5.74, 6) is -2.33. The van der Waals surface area contributed by atoms with Gasteiger partial charge in [-0.3, -0.25) is 14.4 Å². The number of benzene rings is 1. The van der Waals surface area contributed by atoms with E-state index in [1.165, 1.54) is 4.90 Å². The second-order valence-electron chi connectivity index (χ2n) is 6.43. The minimum atomic E-state index is -0.835. The molecule has 6 nitrogen and oxygen atoms in total. The summed E-state index contributed by atoms with van der Waals surface area (Å²) in [4.78, 5) is 38.5. The van der Waals surface area contributed by atoms with E-state index in [-0.39, 0.29) is 11.8 Å². The minimum absolute atomic E-state index is 0.249. The topological polar surface area (TPSA) is 92.5 Å². The van der Waals surface area contributed by atoms with Crippen molar-refractivity contribution in [1.29, 1.82) is 0 Å². The number of allylic oxidation sites excluding steroid dienone is 2. The summed E-state index contributed by atoms with van der Waals surface area (Å²) in [6.07, 6.45) is 5.70. The summed E-state index contributed by atoms with van der Waals surface area (Å²) in [6.45, 7) is 3.46. The maximum atomic E-state index is 12.8. The minimum Gasteiger partial charge on any atom is -0.369 e. The first-order valence-electron chi connectivity index (χ1n) is 8.67. The number of carbonyl (C=O) groups is 3. The Bertz CT molecular complexity index is 740.